The third kappa shape index (κ3) is 2.64. The Morgan fingerprint density at radius 2 is 2.13 bits per heavy atom. The number of aliphatic hydroxyl groups excluding tert-OH is 3. The van der Waals surface area contributed by atoms with Gasteiger partial charge in [-0.15, -0.1) is 0 Å². The smallest absolute Gasteiger partial charge is 0.303 e. The predicted molar refractivity (Wildman–Crippen MR) is 47.5 cm³/mol. The van der Waals surface area contributed by atoms with E-state index in [0.29, 0.717) is 0 Å². The largest absolute Gasteiger partial charge is 0.457 e. The van der Waals surface area contributed by atoms with Crippen LogP contribution in [-0.2, 0) is 14.3 Å². The first-order chi connectivity index (χ1) is 6.97. The molecule has 3 unspecified atom stereocenters. The maximum Gasteiger partial charge on any atom is 0.303 e. The zero-order valence-corrected chi connectivity index (χ0v) is 8.24. The van der Waals surface area contributed by atoms with Crippen LogP contribution >= 0.6 is 0 Å². The summed E-state index contributed by atoms with van der Waals surface area (Å²) in [5.41, 5.74) is 5.41. The number of ether oxygens (including phenoxy) is 2. The highest BCUT2D eigenvalue weighted by Gasteiger charge is 2.44. The van der Waals surface area contributed by atoms with Crippen molar-refractivity contribution in [2.24, 2.45) is 5.73 Å². The van der Waals surface area contributed by atoms with E-state index in [9.17, 15) is 15.0 Å². The predicted octanol–water partition coefficient (Wildman–Crippen LogP) is -2.68. The lowest BCUT2D eigenvalue weighted by molar-refractivity contribution is -0.254. The Morgan fingerprint density at radius 3 is 2.60 bits per heavy atom. The summed E-state index contributed by atoms with van der Waals surface area (Å²) in [5.74, 6) is -0.621. The quantitative estimate of drug-likeness (QED) is 0.375. The summed E-state index contributed by atoms with van der Waals surface area (Å²) in [6, 6.07) is -1.07. The molecule has 0 aliphatic carbocycles. The standard InChI is InChI=1S/C8H15NO6/c1-3(11)14-7-4(2-10)15-8(13)5(9)6(7)12/h4-8,10,12-13H,2,9H2,1H3/t4?,5?,6?,7-,8-/m1/s1. The molecule has 0 aromatic carbocycles. The van der Waals surface area contributed by atoms with E-state index in [4.69, 9.17) is 20.3 Å². The number of hydrogen-bond acceptors (Lipinski definition) is 7. The lowest BCUT2D eigenvalue weighted by Gasteiger charge is -2.39. The molecule has 5 N–H and O–H groups in total. The van der Waals surface area contributed by atoms with Gasteiger partial charge >= 0.3 is 5.97 Å². The zero-order valence-electron chi connectivity index (χ0n) is 8.24. The van der Waals surface area contributed by atoms with Crippen molar-refractivity contribution in [1.82, 2.24) is 0 Å². The van der Waals surface area contributed by atoms with Gasteiger partial charge in [0.2, 0.25) is 0 Å². The normalized spacial score (nSPS) is 41.3. The van der Waals surface area contributed by atoms with Crippen LogP contribution in [0.3, 0.4) is 0 Å². The van der Waals surface area contributed by atoms with Crippen LogP contribution in [0.15, 0.2) is 0 Å². The highest BCUT2D eigenvalue weighted by molar-refractivity contribution is 5.66. The third-order valence-electron chi connectivity index (χ3n) is 2.22. The van der Waals surface area contributed by atoms with Crippen LogP contribution in [0.5, 0.6) is 0 Å². The number of carbonyl (C=O) groups is 1. The van der Waals surface area contributed by atoms with Gasteiger partial charge in [0.15, 0.2) is 12.4 Å². The minimum atomic E-state index is -1.39. The number of carbonyl (C=O) groups excluding carboxylic acids is 1. The van der Waals surface area contributed by atoms with E-state index in [1.54, 1.807) is 0 Å². The van der Waals surface area contributed by atoms with Crippen molar-refractivity contribution in [2.45, 2.75) is 37.6 Å². The van der Waals surface area contributed by atoms with E-state index in [0.717, 1.165) is 6.92 Å². The van der Waals surface area contributed by atoms with Crippen molar-refractivity contribution in [3.8, 4) is 0 Å². The zero-order chi connectivity index (χ0) is 11.6. The second kappa shape index (κ2) is 4.86. The average molecular weight is 221 g/mol. The Morgan fingerprint density at radius 1 is 1.53 bits per heavy atom. The molecule has 7 heteroatoms. The van der Waals surface area contributed by atoms with Crippen molar-refractivity contribution < 1.29 is 29.6 Å². The first-order valence-corrected chi connectivity index (χ1v) is 4.52. The van der Waals surface area contributed by atoms with Gasteiger partial charge in [0.25, 0.3) is 0 Å². The first-order valence-electron chi connectivity index (χ1n) is 4.52. The molecular weight excluding hydrogens is 206 g/mol. The summed E-state index contributed by atoms with van der Waals surface area (Å²) in [6.45, 7) is 0.677. The van der Waals surface area contributed by atoms with Crippen LogP contribution in [-0.4, -0.2) is 58.5 Å². The minimum absolute atomic E-state index is 0.487. The van der Waals surface area contributed by atoms with Crippen LogP contribution < -0.4 is 5.73 Å². The van der Waals surface area contributed by atoms with Crippen LogP contribution in [0.4, 0.5) is 0 Å². The lowest BCUT2D eigenvalue weighted by atomic mass is 9.97. The molecule has 1 saturated heterocycles. The second-order valence-corrected chi connectivity index (χ2v) is 3.39. The molecule has 88 valence electrons. The van der Waals surface area contributed by atoms with Gasteiger partial charge in [-0.05, 0) is 0 Å². The van der Waals surface area contributed by atoms with Gasteiger partial charge in [0, 0.05) is 6.92 Å². The Hall–Kier alpha value is -0.730. The van der Waals surface area contributed by atoms with Crippen molar-refractivity contribution in [2.75, 3.05) is 6.61 Å². The minimum Gasteiger partial charge on any atom is -0.457 e. The molecule has 1 fully saturated rings. The summed E-state index contributed by atoms with van der Waals surface area (Å²) in [5, 5.41) is 27.8. The van der Waals surface area contributed by atoms with E-state index < -0.39 is 43.2 Å². The summed E-state index contributed by atoms with van der Waals surface area (Å²) >= 11 is 0. The maximum atomic E-state index is 10.7. The fraction of sp³-hybridized carbons (Fsp3) is 0.875. The summed E-state index contributed by atoms with van der Waals surface area (Å²) in [4.78, 5) is 10.7. The number of hydrogen-bond donors (Lipinski definition) is 4. The number of esters is 1. The molecular formula is C8H15NO6. The highest BCUT2D eigenvalue weighted by Crippen LogP contribution is 2.21. The highest BCUT2D eigenvalue weighted by atomic mass is 16.6. The molecule has 0 saturated carbocycles. The van der Waals surface area contributed by atoms with E-state index in [-0.39, 0.29) is 0 Å². The molecule has 0 amide bonds. The van der Waals surface area contributed by atoms with E-state index in [2.05, 4.69) is 0 Å². The molecule has 7 nitrogen and oxygen atoms in total. The molecule has 1 aliphatic rings. The second-order valence-electron chi connectivity index (χ2n) is 3.39. The fourth-order valence-electron chi connectivity index (χ4n) is 1.44. The number of aliphatic hydroxyl groups is 3. The Balaban J connectivity index is 2.75. The molecule has 1 rings (SSSR count). The molecule has 0 spiro atoms. The molecule has 0 bridgehead atoms. The van der Waals surface area contributed by atoms with Gasteiger partial charge in [-0.2, -0.15) is 0 Å². The summed E-state index contributed by atoms with van der Waals surface area (Å²) < 4.78 is 9.64. The maximum absolute atomic E-state index is 10.7. The number of nitrogens with two attached hydrogens (primary N) is 1. The Labute approximate surface area is 86.4 Å². The van der Waals surface area contributed by atoms with Gasteiger partial charge in [0.05, 0.1) is 12.6 Å². The van der Waals surface area contributed by atoms with Gasteiger partial charge in [-0.25, -0.2) is 0 Å². The SMILES string of the molecule is CC(=O)O[C@@H]1C(CO)O[C@@H](O)C(N)C1O. The van der Waals surface area contributed by atoms with E-state index in [1.807, 2.05) is 0 Å². The van der Waals surface area contributed by atoms with E-state index >= 15 is 0 Å². The van der Waals surface area contributed by atoms with Gasteiger partial charge in [-0.3, -0.25) is 4.79 Å². The first kappa shape index (κ1) is 12.3. The topological polar surface area (TPSA) is 122 Å². The monoisotopic (exact) mass is 221 g/mol. The molecule has 0 radical (unpaired) electrons. The molecule has 0 aromatic rings. The Kier molecular flexibility index (Phi) is 4.00. The van der Waals surface area contributed by atoms with Crippen molar-refractivity contribution >= 4 is 5.97 Å². The third-order valence-corrected chi connectivity index (χ3v) is 2.22. The average Bonchev–Trinajstić information content (AvgIpc) is 2.18. The van der Waals surface area contributed by atoms with Gasteiger partial charge in [-0.1, -0.05) is 0 Å². The Bertz CT molecular complexity index is 233. The van der Waals surface area contributed by atoms with Crippen LogP contribution in [0, 0.1) is 0 Å². The summed E-state index contributed by atoms with van der Waals surface area (Å²) in [7, 11) is 0. The van der Waals surface area contributed by atoms with Crippen molar-refractivity contribution in [3.05, 3.63) is 0 Å². The molecule has 0 aromatic heterocycles. The molecule has 5 atom stereocenters. The summed E-state index contributed by atoms with van der Waals surface area (Å²) in [6.07, 6.45) is -4.69. The van der Waals surface area contributed by atoms with Crippen LogP contribution in [0.1, 0.15) is 6.92 Å². The fourth-order valence-corrected chi connectivity index (χ4v) is 1.44. The lowest BCUT2D eigenvalue weighted by Crippen LogP contribution is -2.62. The molecule has 1 aliphatic heterocycles. The molecule has 15 heavy (non-hydrogen) atoms. The van der Waals surface area contributed by atoms with Gasteiger partial charge in [0.1, 0.15) is 12.2 Å². The van der Waals surface area contributed by atoms with Crippen LogP contribution in [0.2, 0.25) is 0 Å². The molecule has 1 heterocycles. The van der Waals surface area contributed by atoms with E-state index in [1.165, 1.54) is 0 Å². The van der Waals surface area contributed by atoms with Crippen LogP contribution in [0.25, 0.3) is 0 Å². The van der Waals surface area contributed by atoms with Gasteiger partial charge < -0.3 is 30.5 Å². The van der Waals surface area contributed by atoms with Crippen molar-refractivity contribution in [1.29, 1.82) is 0 Å². The van der Waals surface area contributed by atoms with Crippen molar-refractivity contribution in [3.63, 3.8) is 0 Å². The number of rotatable bonds is 2.